The van der Waals surface area contributed by atoms with Gasteiger partial charge in [0.15, 0.2) is 0 Å². The minimum absolute atomic E-state index is 0.0351. The summed E-state index contributed by atoms with van der Waals surface area (Å²) in [6.45, 7) is 5.78. The van der Waals surface area contributed by atoms with Crippen molar-refractivity contribution >= 4 is 17.6 Å². The van der Waals surface area contributed by atoms with Gasteiger partial charge in [-0.2, -0.15) is 0 Å². The van der Waals surface area contributed by atoms with Gasteiger partial charge < -0.3 is 10.0 Å². The summed E-state index contributed by atoms with van der Waals surface area (Å²) in [7, 11) is 0. The predicted molar refractivity (Wildman–Crippen MR) is 80.1 cm³/mol. The van der Waals surface area contributed by atoms with Crippen molar-refractivity contribution in [3.05, 3.63) is 29.8 Å². The third kappa shape index (κ3) is 2.04. The first-order valence-corrected chi connectivity index (χ1v) is 7.49. The number of hydrogen-bond donors (Lipinski definition) is 1. The highest BCUT2D eigenvalue weighted by Gasteiger charge is 2.67. The number of rotatable bonds is 2. The van der Waals surface area contributed by atoms with Gasteiger partial charge in [0.25, 0.3) is 0 Å². The largest absolute Gasteiger partial charge is 0.481 e. The molecule has 1 amide bonds. The van der Waals surface area contributed by atoms with E-state index in [9.17, 15) is 14.7 Å². The maximum Gasteiger partial charge on any atom is 0.307 e. The minimum atomic E-state index is -0.865. The number of aliphatic carboxylic acids is 1. The zero-order chi connectivity index (χ0) is 15.4. The van der Waals surface area contributed by atoms with Gasteiger partial charge in [0.2, 0.25) is 5.91 Å². The van der Waals surface area contributed by atoms with E-state index in [2.05, 4.69) is 0 Å². The average Bonchev–Trinajstić information content (AvgIpc) is 3.01. The zero-order valence-corrected chi connectivity index (χ0v) is 12.7. The van der Waals surface area contributed by atoms with Crippen LogP contribution < -0.4 is 4.90 Å². The second-order valence-corrected chi connectivity index (χ2v) is 6.84. The average molecular weight is 287 g/mol. The Bertz CT molecular complexity index is 608. The van der Waals surface area contributed by atoms with Gasteiger partial charge in [-0.1, -0.05) is 32.0 Å². The lowest BCUT2D eigenvalue weighted by Gasteiger charge is -2.35. The van der Waals surface area contributed by atoms with Crippen LogP contribution in [0.5, 0.6) is 0 Å². The summed E-state index contributed by atoms with van der Waals surface area (Å²) < 4.78 is 0. The third-order valence-corrected chi connectivity index (χ3v) is 5.12. The number of carbonyl (C=O) groups excluding carboxylic acids is 1. The number of carboxylic acid groups (broad SMARTS) is 1. The second-order valence-electron chi connectivity index (χ2n) is 6.84. The molecule has 0 radical (unpaired) electrons. The van der Waals surface area contributed by atoms with Crippen LogP contribution in [-0.4, -0.2) is 23.0 Å². The second kappa shape index (κ2) is 4.58. The van der Waals surface area contributed by atoms with E-state index in [-0.39, 0.29) is 11.9 Å². The van der Waals surface area contributed by atoms with E-state index in [1.807, 2.05) is 49.9 Å². The molecule has 4 nitrogen and oxygen atoms in total. The van der Waals surface area contributed by atoms with Crippen LogP contribution in [0.3, 0.4) is 0 Å². The predicted octanol–water partition coefficient (Wildman–Crippen LogP) is 2.71. The molecule has 3 rings (SSSR count). The van der Waals surface area contributed by atoms with Crippen LogP contribution in [0.2, 0.25) is 0 Å². The van der Waals surface area contributed by atoms with Gasteiger partial charge >= 0.3 is 5.97 Å². The summed E-state index contributed by atoms with van der Waals surface area (Å²) in [4.78, 5) is 26.1. The highest BCUT2D eigenvalue weighted by Crippen LogP contribution is 2.59. The molecule has 112 valence electrons. The molecule has 1 aromatic carbocycles. The lowest BCUT2D eigenvalue weighted by Crippen LogP contribution is -2.43. The van der Waals surface area contributed by atoms with E-state index in [0.29, 0.717) is 0 Å². The lowest BCUT2D eigenvalue weighted by atomic mass is 9.95. The summed E-state index contributed by atoms with van der Waals surface area (Å²) in [6, 6.07) is 8.06. The van der Waals surface area contributed by atoms with Crippen molar-refractivity contribution in [2.45, 2.75) is 39.7 Å². The molecule has 1 heterocycles. The van der Waals surface area contributed by atoms with Crippen LogP contribution in [-0.2, 0) is 16.0 Å². The standard InChI is InChI=1S/C17H21NO3/c1-10-8-9-11-6-4-5-7-12(11)18(10)15(19)13-14(16(20)21)17(13,2)3/h4-7,10,13-14H,8-9H2,1-3H3,(H,20,21)/t10?,13-,14+/m1/s1. The highest BCUT2D eigenvalue weighted by molar-refractivity contribution is 6.02. The van der Waals surface area contributed by atoms with Crippen molar-refractivity contribution in [1.82, 2.24) is 0 Å². The van der Waals surface area contributed by atoms with Crippen molar-refractivity contribution in [3.8, 4) is 0 Å². The summed E-state index contributed by atoms with van der Waals surface area (Å²) in [5.41, 5.74) is 1.68. The molecular weight excluding hydrogens is 266 g/mol. The quantitative estimate of drug-likeness (QED) is 0.910. The van der Waals surface area contributed by atoms with Gasteiger partial charge in [-0.25, -0.2) is 0 Å². The van der Waals surface area contributed by atoms with Crippen LogP contribution in [0.25, 0.3) is 0 Å². The number of nitrogens with zero attached hydrogens (tertiary/aromatic N) is 1. The van der Waals surface area contributed by atoms with Crippen LogP contribution in [0, 0.1) is 17.3 Å². The molecule has 1 N–H and O–H groups in total. The molecule has 1 aliphatic carbocycles. The lowest BCUT2D eigenvalue weighted by molar-refractivity contribution is -0.140. The molecular formula is C17H21NO3. The summed E-state index contributed by atoms with van der Waals surface area (Å²) in [5.74, 6) is -1.88. The minimum Gasteiger partial charge on any atom is -0.481 e. The van der Waals surface area contributed by atoms with Gasteiger partial charge in [0, 0.05) is 11.7 Å². The topological polar surface area (TPSA) is 57.6 Å². The van der Waals surface area contributed by atoms with E-state index in [4.69, 9.17) is 0 Å². The van der Waals surface area contributed by atoms with E-state index >= 15 is 0 Å². The number of amides is 1. The molecule has 1 aromatic rings. The molecule has 1 saturated carbocycles. The molecule has 0 bridgehead atoms. The van der Waals surface area contributed by atoms with E-state index in [0.717, 1.165) is 18.5 Å². The first kappa shape index (κ1) is 14.1. The Hall–Kier alpha value is -1.84. The molecule has 0 spiro atoms. The Labute approximate surface area is 124 Å². The normalized spacial score (nSPS) is 29.7. The van der Waals surface area contributed by atoms with E-state index < -0.39 is 23.2 Å². The van der Waals surface area contributed by atoms with Crippen molar-refractivity contribution in [1.29, 1.82) is 0 Å². The molecule has 0 aromatic heterocycles. The van der Waals surface area contributed by atoms with E-state index in [1.165, 1.54) is 5.56 Å². The molecule has 4 heteroatoms. The van der Waals surface area contributed by atoms with E-state index in [1.54, 1.807) is 0 Å². The van der Waals surface area contributed by atoms with Crippen LogP contribution in [0.15, 0.2) is 24.3 Å². The summed E-state index contributed by atoms with van der Waals surface area (Å²) >= 11 is 0. The fourth-order valence-electron chi connectivity index (χ4n) is 3.73. The zero-order valence-electron chi connectivity index (χ0n) is 12.7. The monoisotopic (exact) mass is 287 g/mol. The maximum atomic E-state index is 12.9. The molecule has 1 aliphatic heterocycles. The van der Waals surface area contributed by atoms with Gasteiger partial charge in [0.1, 0.15) is 0 Å². The molecule has 0 saturated heterocycles. The third-order valence-electron chi connectivity index (χ3n) is 5.12. The highest BCUT2D eigenvalue weighted by atomic mass is 16.4. The van der Waals surface area contributed by atoms with Gasteiger partial charge in [-0.3, -0.25) is 9.59 Å². The molecule has 1 unspecified atom stereocenters. The summed E-state index contributed by atoms with van der Waals surface area (Å²) in [6.07, 6.45) is 1.89. The fraction of sp³-hybridized carbons (Fsp3) is 0.529. The SMILES string of the molecule is CC1CCc2ccccc2N1C(=O)[C@H]1[C@@H](C(=O)O)C1(C)C. The van der Waals surface area contributed by atoms with Crippen molar-refractivity contribution < 1.29 is 14.7 Å². The smallest absolute Gasteiger partial charge is 0.307 e. The summed E-state index contributed by atoms with van der Waals surface area (Å²) in [5, 5.41) is 9.30. The number of benzene rings is 1. The van der Waals surface area contributed by atoms with Crippen molar-refractivity contribution in [3.63, 3.8) is 0 Å². The molecule has 3 atom stereocenters. The first-order chi connectivity index (χ1) is 9.85. The Morgan fingerprint density at radius 1 is 1.24 bits per heavy atom. The van der Waals surface area contributed by atoms with Crippen LogP contribution >= 0.6 is 0 Å². The number of carbonyl (C=O) groups is 2. The van der Waals surface area contributed by atoms with Crippen LogP contribution in [0.1, 0.15) is 32.8 Å². The van der Waals surface area contributed by atoms with Crippen molar-refractivity contribution in [2.75, 3.05) is 4.90 Å². The molecule has 1 fully saturated rings. The Morgan fingerprint density at radius 3 is 2.52 bits per heavy atom. The molecule has 21 heavy (non-hydrogen) atoms. The van der Waals surface area contributed by atoms with Gasteiger partial charge in [-0.05, 0) is 36.8 Å². The number of para-hydroxylation sites is 1. The van der Waals surface area contributed by atoms with Crippen LogP contribution in [0.4, 0.5) is 5.69 Å². The Kier molecular flexibility index (Phi) is 3.08. The maximum absolute atomic E-state index is 12.9. The number of hydrogen-bond acceptors (Lipinski definition) is 2. The number of fused-ring (bicyclic) bond motifs is 1. The number of carboxylic acids is 1. The first-order valence-electron chi connectivity index (χ1n) is 7.49. The molecule has 2 aliphatic rings. The van der Waals surface area contributed by atoms with Crippen molar-refractivity contribution in [2.24, 2.45) is 17.3 Å². The Balaban J connectivity index is 1.94. The fourth-order valence-corrected chi connectivity index (χ4v) is 3.73. The Morgan fingerprint density at radius 2 is 1.90 bits per heavy atom. The number of anilines is 1. The van der Waals surface area contributed by atoms with Gasteiger partial charge in [0.05, 0.1) is 11.8 Å². The number of aryl methyl sites for hydroxylation is 1. The van der Waals surface area contributed by atoms with Gasteiger partial charge in [-0.15, -0.1) is 0 Å².